The molecule has 1 aromatic carbocycles. The Morgan fingerprint density at radius 2 is 2.38 bits per heavy atom. The van der Waals surface area contributed by atoms with Gasteiger partial charge in [0.1, 0.15) is 5.75 Å². The van der Waals surface area contributed by atoms with E-state index in [0.717, 1.165) is 5.75 Å². The molecule has 0 radical (unpaired) electrons. The predicted octanol–water partition coefficient (Wildman–Crippen LogP) is 2.58. The summed E-state index contributed by atoms with van der Waals surface area (Å²) >= 11 is 0. The Labute approximate surface area is 95.0 Å². The molecular formula is C13H16O3. The average molecular weight is 220 g/mol. The van der Waals surface area contributed by atoms with E-state index in [1.54, 1.807) is 6.92 Å². The van der Waals surface area contributed by atoms with Gasteiger partial charge in [0.2, 0.25) is 0 Å². The molecule has 0 aliphatic carbocycles. The monoisotopic (exact) mass is 220 g/mol. The van der Waals surface area contributed by atoms with Crippen molar-refractivity contribution in [1.82, 2.24) is 0 Å². The first-order valence-corrected chi connectivity index (χ1v) is 5.54. The molecule has 3 heteroatoms. The Balaban J connectivity index is 2.20. The zero-order valence-corrected chi connectivity index (χ0v) is 9.56. The molecule has 0 fully saturated rings. The van der Waals surface area contributed by atoms with E-state index < -0.39 is 5.97 Å². The van der Waals surface area contributed by atoms with Gasteiger partial charge in [0.25, 0.3) is 0 Å². The van der Waals surface area contributed by atoms with Crippen molar-refractivity contribution in [2.75, 3.05) is 6.61 Å². The summed E-state index contributed by atoms with van der Waals surface area (Å²) in [6.07, 6.45) is 0.646. The summed E-state index contributed by atoms with van der Waals surface area (Å²) in [4.78, 5) is 10.8. The number of aryl methyl sites for hydroxylation is 1. The van der Waals surface area contributed by atoms with Gasteiger partial charge in [0.15, 0.2) is 0 Å². The molecule has 0 amide bonds. The van der Waals surface area contributed by atoms with Crippen molar-refractivity contribution < 1.29 is 14.6 Å². The van der Waals surface area contributed by atoms with Crippen LogP contribution in [0.15, 0.2) is 18.2 Å². The van der Waals surface area contributed by atoms with Gasteiger partial charge in [-0.15, -0.1) is 0 Å². The van der Waals surface area contributed by atoms with Crippen LogP contribution >= 0.6 is 0 Å². The summed E-state index contributed by atoms with van der Waals surface area (Å²) in [5.74, 6) is 0.0890. The van der Waals surface area contributed by atoms with Crippen LogP contribution < -0.4 is 4.74 Å². The third kappa shape index (κ3) is 1.90. The lowest BCUT2D eigenvalue weighted by Crippen LogP contribution is -2.15. The van der Waals surface area contributed by atoms with Crippen molar-refractivity contribution in [2.24, 2.45) is 5.92 Å². The molecule has 0 spiro atoms. The van der Waals surface area contributed by atoms with Crippen molar-refractivity contribution >= 4 is 5.97 Å². The first kappa shape index (κ1) is 11.0. The molecule has 86 valence electrons. The van der Waals surface area contributed by atoms with Gasteiger partial charge in [-0.05, 0) is 25.0 Å². The Hall–Kier alpha value is -1.51. The fourth-order valence-electron chi connectivity index (χ4n) is 2.29. The highest BCUT2D eigenvalue weighted by Crippen LogP contribution is 2.39. The number of ether oxygens (including phenoxy) is 1. The minimum atomic E-state index is -0.734. The molecule has 0 saturated carbocycles. The maximum atomic E-state index is 10.8. The number of aliphatic carboxylic acids is 1. The summed E-state index contributed by atoms with van der Waals surface area (Å²) in [6.45, 7) is 4.41. The molecule has 3 nitrogen and oxygen atoms in total. The van der Waals surface area contributed by atoms with Crippen LogP contribution in [0.3, 0.4) is 0 Å². The van der Waals surface area contributed by atoms with Crippen molar-refractivity contribution in [1.29, 1.82) is 0 Å². The first-order valence-electron chi connectivity index (χ1n) is 5.54. The van der Waals surface area contributed by atoms with Gasteiger partial charge >= 0.3 is 5.97 Å². The van der Waals surface area contributed by atoms with Crippen LogP contribution in [0.25, 0.3) is 0 Å². The SMILES string of the molecule is Cc1cccc2c1C(CC(C)C(=O)O)CO2. The highest BCUT2D eigenvalue weighted by molar-refractivity contribution is 5.69. The van der Waals surface area contributed by atoms with E-state index >= 15 is 0 Å². The molecule has 2 unspecified atom stereocenters. The van der Waals surface area contributed by atoms with Crippen LogP contribution in [0, 0.1) is 12.8 Å². The summed E-state index contributed by atoms with van der Waals surface area (Å²) in [6, 6.07) is 5.97. The molecule has 1 heterocycles. The zero-order valence-electron chi connectivity index (χ0n) is 9.56. The molecule has 0 bridgehead atoms. The van der Waals surface area contributed by atoms with Gasteiger partial charge in [-0.2, -0.15) is 0 Å². The molecule has 16 heavy (non-hydrogen) atoms. The maximum absolute atomic E-state index is 10.8. The maximum Gasteiger partial charge on any atom is 0.306 e. The molecule has 2 atom stereocenters. The van der Waals surface area contributed by atoms with E-state index in [-0.39, 0.29) is 11.8 Å². The molecule has 1 aliphatic rings. The fraction of sp³-hybridized carbons (Fsp3) is 0.462. The average Bonchev–Trinajstić information content (AvgIpc) is 2.63. The second-order valence-corrected chi connectivity index (χ2v) is 4.47. The van der Waals surface area contributed by atoms with Crippen LogP contribution in [0.4, 0.5) is 0 Å². The van der Waals surface area contributed by atoms with Crippen molar-refractivity contribution in [2.45, 2.75) is 26.2 Å². The van der Waals surface area contributed by atoms with E-state index in [4.69, 9.17) is 9.84 Å². The number of carboxylic acid groups (broad SMARTS) is 1. The Morgan fingerprint density at radius 3 is 3.06 bits per heavy atom. The third-order valence-corrected chi connectivity index (χ3v) is 3.19. The van der Waals surface area contributed by atoms with E-state index in [2.05, 4.69) is 0 Å². The van der Waals surface area contributed by atoms with Gasteiger partial charge in [-0.1, -0.05) is 19.1 Å². The van der Waals surface area contributed by atoms with Crippen molar-refractivity contribution in [3.8, 4) is 5.75 Å². The van der Waals surface area contributed by atoms with Crippen LogP contribution in [0.1, 0.15) is 30.4 Å². The first-order chi connectivity index (χ1) is 7.59. The van der Waals surface area contributed by atoms with Crippen molar-refractivity contribution in [3.05, 3.63) is 29.3 Å². The summed E-state index contributed by atoms with van der Waals surface area (Å²) in [7, 11) is 0. The standard InChI is InChI=1S/C13H16O3/c1-8-4-3-5-11-12(8)10(7-16-11)6-9(2)13(14)15/h3-5,9-10H,6-7H2,1-2H3,(H,14,15). The molecule has 0 aromatic heterocycles. The molecule has 2 rings (SSSR count). The van der Waals surface area contributed by atoms with Gasteiger partial charge < -0.3 is 9.84 Å². The lowest BCUT2D eigenvalue weighted by Gasteiger charge is -2.13. The summed E-state index contributed by atoms with van der Waals surface area (Å²) in [5.41, 5.74) is 2.38. The number of rotatable bonds is 3. The molecular weight excluding hydrogens is 204 g/mol. The second kappa shape index (κ2) is 4.16. The lowest BCUT2D eigenvalue weighted by atomic mass is 9.89. The zero-order chi connectivity index (χ0) is 11.7. The minimum Gasteiger partial charge on any atom is -0.493 e. The normalized spacial score (nSPS) is 20.0. The highest BCUT2D eigenvalue weighted by atomic mass is 16.5. The van der Waals surface area contributed by atoms with Gasteiger partial charge in [0, 0.05) is 11.5 Å². The number of hydrogen-bond acceptors (Lipinski definition) is 2. The Kier molecular flexibility index (Phi) is 2.86. The molecule has 1 aromatic rings. The van der Waals surface area contributed by atoms with Crippen LogP contribution in [-0.2, 0) is 4.79 Å². The largest absolute Gasteiger partial charge is 0.493 e. The van der Waals surface area contributed by atoms with E-state index in [1.165, 1.54) is 11.1 Å². The highest BCUT2D eigenvalue weighted by Gasteiger charge is 2.28. The van der Waals surface area contributed by atoms with Gasteiger partial charge in [-0.3, -0.25) is 4.79 Å². The quantitative estimate of drug-likeness (QED) is 0.851. The predicted molar refractivity (Wildman–Crippen MR) is 60.8 cm³/mol. The summed E-state index contributed by atoms with van der Waals surface area (Å²) in [5, 5.41) is 8.92. The topological polar surface area (TPSA) is 46.5 Å². The molecule has 1 N–H and O–H groups in total. The fourth-order valence-corrected chi connectivity index (χ4v) is 2.29. The Bertz CT molecular complexity index is 412. The van der Waals surface area contributed by atoms with E-state index in [1.807, 2.05) is 25.1 Å². The third-order valence-electron chi connectivity index (χ3n) is 3.19. The number of fused-ring (bicyclic) bond motifs is 1. The lowest BCUT2D eigenvalue weighted by molar-refractivity contribution is -0.141. The van der Waals surface area contributed by atoms with Crippen LogP contribution in [0.2, 0.25) is 0 Å². The molecule has 0 saturated heterocycles. The van der Waals surface area contributed by atoms with Gasteiger partial charge in [0.05, 0.1) is 12.5 Å². The van der Waals surface area contributed by atoms with E-state index in [0.29, 0.717) is 13.0 Å². The second-order valence-electron chi connectivity index (χ2n) is 4.47. The van der Waals surface area contributed by atoms with Crippen LogP contribution in [-0.4, -0.2) is 17.7 Å². The number of carbonyl (C=O) groups is 1. The Morgan fingerprint density at radius 1 is 1.62 bits per heavy atom. The van der Waals surface area contributed by atoms with E-state index in [9.17, 15) is 4.79 Å². The number of benzene rings is 1. The van der Waals surface area contributed by atoms with Crippen molar-refractivity contribution in [3.63, 3.8) is 0 Å². The van der Waals surface area contributed by atoms with Crippen LogP contribution in [0.5, 0.6) is 5.75 Å². The number of hydrogen-bond donors (Lipinski definition) is 1. The number of carboxylic acids is 1. The smallest absolute Gasteiger partial charge is 0.306 e. The summed E-state index contributed by atoms with van der Waals surface area (Å²) < 4.78 is 5.58. The van der Waals surface area contributed by atoms with Gasteiger partial charge in [-0.25, -0.2) is 0 Å². The molecule has 1 aliphatic heterocycles. The minimum absolute atomic E-state index is 0.224.